The minimum Gasteiger partial charge on any atom is -0.131 e. The summed E-state index contributed by atoms with van der Waals surface area (Å²) in [6, 6.07) is 0. The van der Waals surface area contributed by atoms with Crippen LogP contribution in [0.1, 0.15) is 6.92 Å². The van der Waals surface area contributed by atoms with Crippen LogP contribution in [0.2, 0.25) is 0 Å². The van der Waals surface area contributed by atoms with Gasteiger partial charge in [-0.25, -0.2) is 0 Å². The predicted molar refractivity (Wildman–Crippen MR) is 36.6 cm³/mol. The van der Waals surface area contributed by atoms with Crippen LogP contribution < -0.4 is 0 Å². The van der Waals surface area contributed by atoms with E-state index in [0.717, 1.165) is 0 Å². The third kappa shape index (κ3) is 24.9. The fraction of sp³-hybridized carbons (Fsp3) is 0.333. The topological polar surface area (TPSA) is 83.8 Å². The number of hydrogen-bond donors (Lipinski definition) is 2. The average Bonchev–Trinajstić information content (AvgIpc) is 1.62. The van der Waals surface area contributed by atoms with E-state index in [1.165, 1.54) is 0 Å². The first-order valence-corrected chi connectivity index (χ1v) is 4.38. The van der Waals surface area contributed by atoms with Crippen LogP contribution in [0.4, 0.5) is 0 Å². The zero-order chi connectivity index (χ0) is 8.57. The van der Waals surface area contributed by atoms with E-state index in [-0.39, 0.29) is 0 Å². The minimum absolute atomic E-state index is 1.75. The zero-order valence-electron chi connectivity index (χ0n) is 5.30. The summed E-state index contributed by atoms with van der Waals surface area (Å²) in [5.74, 6) is 0. The third-order valence-corrected chi connectivity index (χ3v) is 1.26. The monoisotopic (exact) mass is 186 g/mol. The summed E-state index contributed by atoms with van der Waals surface area (Å²) in [7, 11) is -5.85. The van der Waals surface area contributed by atoms with Gasteiger partial charge in [-0.3, -0.25) is 0 Å². The Morgan fingerprint density at radius 2 is 1.60 bits per heavy atom. The second kappa shape index (κ2) is 8.82. The zero-order valence-corrected chi connectivity index (χ0v) is 7.09. The standard InChI is InChI=1S/C3H6.O5P2/c1-3-2;1-6(2)5-7(3)4/h3H,1H2,2H3;/p+2. The van der Waals surface area contributed by atoms with Gasteiger partial charge in [0.1, 0.15) is 0 Å². The van der Waals surface area contributed by atoms with Gasteiger partial charge in [0.15, 0.2) is 4.31 Å². The van der Waals surface area contributed by atoms with Crippen LogP contribution in [0.15, 0.2) is 12.7 Å². The van der Waals surface area contributed by atoms with Crippen molar-refractivity contribution in [3.8, 4) is 0 Å². The Balaban J connectivity index is 0. The van der Waals surface area contributed by atoms with Gasteiger partial charge in [0.25, 0.3) is 0 Å². The van der Waals surface area contributed by atoms with E-state index in [9.17, 15) is 9.13 Å². The maximum Gasteiger partial charge on any atom is 0.745 e. The molecule has 0 aromatic carbocycles. The first kappa shape index (κ1) is 12.5. The van der Waals surface area contributed by atoms with Crippen LogP contribution in [0.3, 0.4) is 0 Å². The first-order valence-electron chi connectivity index (χ1n) is 2.12. The molecule has 0 radical (unpaired) electrons. The molecule has 5 nitrogen and oxygen atoms in total. The molecule has 0 saturated heterocycles. The summed E-state index contributed by atoms with van der Waals surface area (Å²) in [5, 5.41) is 0. The molecule has 0 aliphatic heterocycles. The highest BCUT2D eigenvalue weighted by atomic mass is 31.2. The van der Waals surface area contributed by atoms with Crippen LogP contribution in [0, 0.1) is 0 Å². The normalized spacial score (nSPS) is 10.7. The van der Waals surface area contributed by atoms with E-state index >= 15 is 0 Å². The van der Waals surface area contributed by atoms with Crippen molar-refractivity contribution in [2.24, 2.45) is 0 Å². The largest absolute Gasteiger partial charge is 0.745 e. The molecule has 10 heavy (non-hydrogen) atoms. The Labute approximate surface area is 60.2 Å². The van der Waals surface area contributed by atoms with Gasteiger partial charge < -0.3 is 0 Å². The van der Waals surface area contributed by atoms with Gasteiger partial charge in [-0.1, -0.05) is 6.08 Å². The van der Waals surface area contributed by atoms with Crippen molar-refractivity contribution in [2.75, 3.05) is 0 Å². The molecule has 2 unspecified atom stereocenters. The van der Waals surface area contributed by atoms with Gasteiger partial charge in [-0.05, 0) is 6.92 Å². The maximum atomic E-state index is 9.39. The van der Waals surface area contributed by atoms with Gasteiger partial charge in [-0.2, -0.15) is 0 Å². The molecular weight excluding hydrogens is 178 g/mol. The van der Waals surface area contributed by atoms with Gasteiger partial charge in [-0.15, -0.1) is 16.4 Å². The highest BCUT2D eigenvalue weighted by Gasteiger charge is 2.31. The van der Waals surface area contributed by atoms with Crippen molar-refractivity contribution in [1.82, 2.24) is 0 Å². The van der Waals surface area contributed by atoms with Gasteiger partial charge in [0.05, 0.1) is 0 Å². The van der Waals surface area contributed by atoms with Crippen LogP contribution in [-0.2, 0) is 13.4 Å². The Bertz CT molecular complexity index is 121. The lowest BCUT2D eigenvalue weighted by Gasteiger charge is -1.50. The van der Waals surface area contributed by atoms with E-state index in [0.29, 0.717) is 0 Å². The first-order chi connectivity index (χ1) is 4.54. The summed E-state index contributed by atoms with van der Waals surface area (Å²) in [6.07, 6.45) is 1.75. The molecule has 0 aromatic rings. The summed E-state index contributed by atoms with van der Waals surface area (Å²) in [6.45, 7) is 5.25. The highest BCUT2D eigenvalue weighted by molar-refractivity contribution is 7.46. The van der Waals surface area contributed by atoms with Gasteiger partial charge in [0.2, 0.25) is 0 Å². The summed E-state index contributed by atoms with van der Waals surface area (Å²) in [5.41, 5.74) is 0. The Hall–Kier alpha value is -0.180. The second-order valence-electron chi connectivity index (χ2n) is 0.966. The molecule has 0 aliphatic carbocycles. The molecule has 0 rings (SSSR count). The van der Waals surface area contributed by atoms with E-state index in [2.05, 4.69) is 10.9 Å². The molecule has 0 aliphatic rings. The van der Waals surface area contributed by atoms with E-state index in [4.69, 9.17) is 9.79 Å². The van der Waals surface area contributed by atoms with E-state index in [1.54, 1.807) is 6.08 Å². The molecular formula is C3H8O5P2+2. The molecule has 0 fully saturated rings. The van der Waals surface area contributed by atoms with Crippen molar-refractivity contribution in [3.05, 3.63) is 12.7 Å². The van der Waals surface area contributed by atoms with Crippen molar-refractivity contribution < 1.29 is 23.2 Å². The van der Waals surface area contributed by atoms with Crippen molar-refractivity contribution in [2.45, 2.75) is 6.92 Å². The molecule has 2 N–H and O–H groups in total. The predicted octanol–water partition coefficient (Wildman–Crippen LogP) is 1.49. The smallest absolute Gasteiger partial charge is 0.131 e. The fourth-order valence-electron chi connectivity index (χ4n) is 0.0598. The summed E-state index contributed by atoms with van der Waals surface area (Å²) >= 11 is 0. The van der Waals surface area contributed by atoms with Crippen LogP contribution in [0.25, 0.3) is 0 Å². The number of hydrogen-bond acceptors (Lipinski definition) is 3. The van der Waals surface area contributed by atoms with Crippen LogP contribution >= 0.6 is 16.5 Å². The minimum atomic E-state index is -2.92. The summed E-state index contributed by atoms with van der Waals surface area (Å²) < 4.78 is 22.2. The molecule has 0 amide bonds. The van der Waals surface area contributed by atoms with Crippen LogP contribution in [0.5, 0.6) is 0 Å². The number of rotatable bonds is 2. The van der Waals surface area contributed by atoms with Gasteiger partial charge >= 0.3 is 16.5 Å². The molecule has 0 spiro atoms. The van der Waals surface area contributed by atoms with Crippen molar-refractivity contribution >= 4 is 16.5 Å². The molecule has 0 bridgehead atoms. The van der Waals surface area contributed by atoms with E-state index in [1.807, 2.05) is 6.92 Å². The molecule has 58 valence electrons. The van der Waals surface area contributed by atoms with Crippen LogP contribution in [-0.4, -0.2) is 9.79 Å². The lowest BCUT2D eigenvalue weighted by atomic mass is 10.8. The quantitative estimate of drug-likeness (QED) is 0.504. The average molecular weight is 186 g/mol. The molecule has 0 heterocycles. The van der Waals surface area contributed by atoms with Crippen molar-refractivity contribution in [1.29, 1.82) is 0 Å². The Morgan fingerprint density at radius 1 is 1.40 bits per heavy atom. The third-order valence-electron chi connectivity index (χ3n) is 0.140. The van der Waals surface area contributed by atoms with Crippen molar-refractivity contribution in [3.63, 3.8) is 0 Å². The van der Waals surface area contributed by atoms with E-state index < -0.39 is 16.5 Å². The SMILES string of the molecule is C=CC.O=[P+](O)O[P+](=O)O. The summed E-state index contributed by atoms with van der Waals surface area (Å²) in [4.78, 5) is 15.3. The number of allylic oxidation sites excluding steroid dienone is 1. The maximum absolute atomic E-state index is 9.39. The Morgan fingerprint density at radius 3 is 1.60 bits per heavy atom. The second-order valence-corrected chi connectivity index (χ2v) is 2.57. The lowest BCUT2D eigenvalue weighted by molar-refractivity contribution is 0.371. The lowest BCUT2D eigenvalue weighted by Crippen LogP contribution is -1.58. The molecule has 0 aromatic heterocycles. The fourth-order valence-corrected chi connectivity index (χ4v) is 0.538. The molecule has 2 atom stereocenters. The van der Waals surface area contributed by atoms with Gasteiger partial charge in [0, 0.05) is 9.13 Å². The highest BCUT2D eigenvalue weighted by Crippen LogP contribution is 2.30. The molecule has 7 heteroatoms. The Kier molecular flexibility index (Phi) is 11.0. The molecule has 0 saturated carbocycles.